The van der Waals surface area contributed by atoms with E-state index < -0.39 is 0 Å². The van der Waals surface area contributed by atoms with E-state index in [4.69, 9.17) is 4.74 Å². The van der Waals surface area contributed by atoms with Crippen LogP contribution in [-0.4, -0.2) is 35.3 Å². The fraction of sp³-hybridized carbons (Fsp3) is 0.571. The second-order valence-electron chi connectivity index (χ2n) is 9.14. The molecular weight excluding hydrogens is 382 g/mol. The van der Waals surface area contributed by atoms with Gasteiger partial charge in [-0.25, -0.2) is 0 Å². The zero-order valence-electron chi connectivity index (χ0n) is 19.5. The molecule has 0 spiro atoms. The van der Waals surface area contributed by atoms with Crippen LogP contribution in [0.25, 0.3) is 0 Å². The molecule has 31 heavy (non-hydrogen) atoms. The highest BCUT2D eigenvalue weighted by Crippen LogP contribution is 2.32. The number of rotatable bonds is 13. The zero-order valence-corrected chi connectivity index (χ0v) is 19.5. The first-order chi connectivity index (χ1) is 15.2. The van der Waals surface area contributed by atoms with Gasteiger partial charge in [0.05, 0.1) is 13.2 Å². The molecule has 170 valence electrons. The van der Waals surface area contributed by atoms with Crippen molar-refractivity contribution in [1.29, 1.82) is 0 Å². The minimum atomic E-state index is -0.256. The molecule has 0 radical (unpaired) electrons. The highest BCUT2D eigenvalue weighted by atomic mass is 16.5. The molecule has 0 aliphatic carbocycles. The van der Waals surface area contributed by atoms with Crippen LogP contribution in [0.3, 0.4) is 0 Å². The molecule has 1 heterocycles. The minimum Gasteiger partial charge on any atom is -0.497 e. The summed E-state index contributed by atoms with van der Waals surface area (Å²) in [6, 6.07) is 19.7. The third-order valence-corrected chi connectivity index (χ3v) is 6.81. The van der Waals surface area contributed by atoms with Gasteiger partial charge in [0, 0.05) is 18.6 Å². The van der Waals surface area contributed by atoms with Crippen molar-refractivity contribution in [1.82, 2.24) is 4.90 Å². The Labute approximate surface area is 189 Å². The first-order valence-corrected chi connectivity index (χ1v) is 12.3. The van der Waals surface area contributed by atoms with Gasteiger partial charge in [0.1, 0.15) is 5.75 Å². The molecule has 1 N–H and O–H groups in total. The van der Waals surface area contributed by atoms with Gasteiger partial charge in [-0.2, -0.15) is 0 Å². The van der Waals surface area contributed by atoms with Gasteiger partial charge in [0.2, 0.25) is 0 Å². The number of aliphatic hydroxyl groups excluding tert-OH is 1. The molecule has 1 fully saturated rings. The summed E-state index contributed by atoms with van der Waals surface area (Å²) in [4.78, 5) is 2.58. The topological polar surface area (TPSA) is 32.7 Å². The molecule has 3 atom stereocenters. The van der Waals surface area contributed by atoms with Crippen molar-refractivity contribution in [3.05, 3.63) is 65.7 Å². The number of hydrogen-bond donors (Lipinski definition) is 1. The van der Waals surface area contributed by atoms with Crippen molar-refractivity contribution < 1.29 is 9.84 Å². The van der Waals surface area contributed by atoms with E-state index in [9.17, 15) is 5.11 Å². The van der Waals surface area contributed by atoms with Gasteiger partial charge in [0.15, 0.2) is 0 Å². The van der Waals surface area contributed by atoms with Crippen molar-refractivity contribution in [3.8, 4) is 5.75 Å². The van der Waals surface area contributed by atoms with E-state index in [1.54, 1.807) is 7.11 Å². The van der Waals surface area contributed by atoms with Crippen molar-refractivity contribution in [2.45, 2.75) is 95.9 Å². The van der Waals surface area contributed by atoms with Crippen molar-refractivity contribution in [3.63, 3.8) is 0 Å². The summed E-state index contributed by atoms with van der Waals surface area (Å²) >= 11 is 0. The third-order valence-electron chi connectivity index (χ3n) is 6.81. The zero-order chi connectivity index (χ0) is 21.9. The van der Waals surface area contributed by atoms with Crippen molar-refractivity contribution in [2.24, 2.45) is 0 Å². The summed E-state index contributed by atoms with van der Waals surface area (Å²) in [7, 11) is 1.71. The highest BCUT2D eigenvalue weighted by molar-refractivity contribution is 5.27. The van der Waals surface area contributed by atoms with Gasteiger partial charge in [-0.1, -0.05) is 94.3 Å². The van der Waals surface area contributed by atoms with E-state index in [1.165, 1.54) is 62.5 Å². The molecule has 2 aromatic rings. The summed E-state index contributed by atoms with van der Waals surface area (Å²) < 4.78 is 5.32. The molecule has 0 saturated carbocycles. The van der Waals surface area contributed by atoms with Gasteiger partial charge in [0.25, 0.3) is 0 Å². The maximum atomic E-state index is 11.0. The van der Waals surface area contributed by atoms with Gasteiger partial charge in [-0.3, -0.25) is 4.90 Å². The number of likely N-dealkylation sites (tertiary alicyclic amines) is 1. The Morgan fingerprint density at radius 2 is 1.55 bits per heavy atom. The largest absolute Gasteiger partial charge is 0.497 e. The van der Waals surface area contributed by atoms with E-state index >= 15 is 0 Å². The molecule has 3 rings (SSSR count). The molecular formula is C28H41NO2. The normalized spacial score (nSPS) is 21.5. The first-order valence-electron chi connectivity index (χ1n) is 12.3. The first kappa shape index (κ1) is 23.8. The van der Waals surface area contributed by atoms with Gasteiger partial charge >= 0.3 is 0 Å². The minimum absolute atomic E-state index is 0.180. The SMILES string of the molecule is CCCCCCCCC[C@@H]1C[C@H](O)[C@H](Cc2ccccc2)N1Cc1ccc(OC)cc1. The van der Waals surface area contributed by atoms with Crippen LogP contribution in [0, 0.1) is 0 Å². The van der Waals surface area contributed by atoms with Crippen molar-refractivity contribution in [2.75, 3.05) is 7.11 Å². The number of nitrogens with zero attached hydrogens (tertiary/aromatic N) is 1. The summed E-state index contributed by atoms with van der Waals surface area (Å²) in [5.41, 5.74) is 2.60. The lowest BCUT2D eigenvalue weighted by Crippen LogP contribution is -2.40. The van der Waals surface area contributed by atoms with Crippen LogP contribution >= 0.6 is 0 Å². The molecule has 0 bridgehead atoms. The summed E-state index contributed by atoms with van der Waals surface area (Å²) in [6.07, 6.45) is 12.1. The predicted octanol–water partition coefficient (Wildman–Crippen LogP) is 6.38. The average molecular weight is 424 g/mol. The molecule has 2 aromatic carbocycles. The number of methoxy groups -OCH3 is 1. The molecule has 3 nitrogen and oxygen atoms in total. The van der Waals surface area contributed by atoms with Gasteiger partial charge in [-0.05, 0) is 42.5 Å². The summed E-state index contributed by atoms with van der Waals surface area (Å²) in [5.74, 6) is 0.894. The fourth-order valence-electron chi connectivity index (χ4n) is 4.98. The van der Waals surface area contributed by atoms with E-state index in [0.717, 1.165) is 25.1 Å². The Morgan fingerprint density at radius 3 is 2.23 bits per heavy atom. The van der Waals surface area contributed by atoms with Crippen LogP contribution in [0.15, 0.2) is 54.6 Å². The maximum Gasteiger partial charge on any atom is 0.118 e. The van der Waals surface area contributed by atoms with Crippen LogP contribution in [0.5, 0.6) is 5.75 Å². The average Bonchev–Trinajstić information content (AvgIpc) is 3.08. The lowest BCUT2D eigenvalue weighted by molar-refractivity contribution is 0.103. The lowest BCUT2D eigenvalue weighted by atomic mass is 10.0. The second kappa shape index (κ2) is 12.9. The number of unbranched alkanes of at least 4 members (excludes halogenated alkanes) is 6. The predicted molar refractivity (Wildman–Crippen MR) is 129 cm³/mol. The molecule has 0 aromatic heterocycles. The highest BCUT2D eigenvalue weighted by Gasteiger charge is 2.39. The Hall–Kier alpha value is -1.84. The third kappa shape index (κ3) is 7.36. The van der Waals surface area contributed by atoms with Crippen LogP contribution in [0.2, 0.25) is 0 Å². The monoisotopic (exact) mass is 423 g/mol. The molecule has 1 saturated heterocycles. The number of ether oxygens (including phenoxy) is 1. The molecule has 1 aliphatic heterocycles. The second-order valence-corrected chi connectivity index (χ2v) is 9.14. The fourth-order valence-corrected chi connectivity index (χ4v) is 4.98. The number of benzene rings is 2. The molecule has 0 unspecified atom stereocenters. The quantitative estimate of drug-likeness (QED) is 0.379. The van der Waals surface area contributed by atoms with E-state index in [2.05, 4.69) is 54.3 Å². The van der Waals surface area contributed by atoms with Crippen LogP contribution in [0.4, 0.5) is 0 Å². The Balaban J connectivity index is 1.62. The molecule has 0 amide bonds. The number of hydrogen-bond acceptors (Lipinski definition) is 3. The summed E-state index contributed by atoms with van der Waals surface area (Å²) in [5, 5.41) is 11.0. The Morgan fingerprint density at radius 1 is 0.871 bits per heavy atom. The van der Waals surface area contributed by atoms with Crippen LogP contribution < -0.4 is 4.74 Å². The number of aliphatic hydroxyl groups is 1. The maximum absolute atomic E-state index is 11.0. The lowest BCUT2D eigenvalue weighted by Gasteiger charge is -2.31. The smallest absolute Gasteiger partial charge is 0.118 e. The van der Waals surface area contributed by atoms with Crippen molar-refractivity contribution >= 4 is 0 Å². The van der Waals surface area contributed by atoms with E-state index in [1.807, 2.05) is 12.1 Å². The molecule has 1 aliphatic rings. The Kier molecular flexibility index (Phi) is 9.89. The van der Waals surface area contributed by atoms with Gasteiger partial charge in [-0.15, -0.1) is 0 Å². The van der Waals surface area contributed by atoms with Gasteiger partial charge < -0.3 is 9.84 Å². The Bertz CT molecular complexity index is 730. The summed E-state index contributed by atoms with van der Waals surface area (Å²) in [6.45, 7) is 3.16. The standard InChI is InChI=1S/C28H41NO2/c1-3-4-5-6-7-8-12-15-25-21-28(30)27(20-23-13-10-9-11-14-23)29(25)22-24-16-18-26(31-2)19-17-24/h9-11,13-14,16-19,25,27-28,30H,3-8,12,15,20-22H2,1-2H3/t25-,27+,28+/m1/s1. The molecule has 3 heteroatoms. The van der Waals surface area contributed by atoms with Crippen LogP contribution in [0.1, 0.15) is 75.8 Å². The van der Waals surface area contributed by atoms with E-state index in [0.29, 0.717) is 6.04 Å². The van der Waals surface area contributed by atoms with E-state index in [-0.39, 0.29) is 12.1 Å². The van der Waals surface area contributed by atoms with Crippen LogP contribution in [-0.2, 0) is 13.0 Å².